The molecule has 1 aromatic carbocycles. The number of non-ortho nitro benzene ring substituents is 1. The molecule has 26 heavy (non-hydrogen) atoms. The van der Waals surface area contributed by atoms with Crippen LogP contribution in [0, 0.1) is 16.0 Å². The summed E-state index contributed by atoms with van der Waals surface area (Å²) in [7, 11) is -3.73. The quantitative estimate of drug-likeness (QED) is 0.364. The SMILES string of the molecule is C/C=C\S/C(=C/S(=O)(=O)c1ccc([N+](=O)[O-])cc1)C(CC)C/C=N\CN. The monoisotopic (exact) mass is 397 g/mol. The number of hydrogen-bond donors (Lipinski definition) is 1. The number of sulfone groups is 1. The van der Waals surface area contributed by atoms with Crippen molar-refractivity contribution in [1.29, 1.82) is 0 Å². The largest absolute Gasteiger partial charge is 0.312 e. The number of nitro benzene ring substituents is 1. The maximum Gasteiger partial charge on any atom is 0.269 e. The summed E-state index contributed by atoms with van der Waals surface area (Å²) in [6.45, 7) is 4.02. The number of rotatable bonds is 10. The molecule has 1 aromatic rings. The van der Waals surface area contributed by atoms with Gasteiger partial charge in [-0.3, -0.25) is 15.1 Å². The number of nitrogens with zero attached hydrogens (tertiary/aromatic N) is 2. The van der Waals surface area contributed by atoms with E-state index in [0.29, 0.717) is 11.3 Å². The number of hydrogen-bond acceptors (Lipinski definition) is 7. The van der Waals surface area contributed by atoms with Gasteiger partial charge in [-0.05, 0) is 43.2 Å². The number of aliphatic imine (C=N–C) groups is 1. The molecule has 0 heterocycles. The van der Waals surface area contributed by atoms with Gasteiger partial charge in [-0.1, -0.05) is 13.0 Å². The van der Waals surface area contributed by atoms with Crippen LogP contribution in [0.25, 0.3) is 0 Å². The molecule has 0 bridgehead atoms. The van der Waals surface area contributed by atoms with Crippen LogP contribution in [-0.4, -0.2) is 26.2 Å². The molecule has 0 aliphatic heterocycles. The lowest BCUT2D eigenvalue weighted by Crippen LogP contribution is -2.06. The summed E-state index contributed by atoms with van der Waals surface area (Å²) in [4.78, 5) is 14.9. The zero-order chi connectivity index (χ0) is 19.6. The van der Waals surface area contributed by atoms with E-state index >= 15 is 0 Å². The summed E-state index contributed by atoms with van der Waals surface area (Å²) >= 11 is 1.34. The first-order valence-corrected chi connectivity index (χ1v) is 10.5. The van der Waals surface area contributed by atoms with E-state index in [1.807, 2.05) is 25.3 Å². The van der Waals surface area contributed by atoms with E-state index in [2.05, 4.69) is 4.99 Å². The highest BCUT2D eigenvalue weighted by atomic mass is 32.2. The Bertz CT molecular complexity index is 785. The van der Waals surface area contributed by atoms with Gasteiger partial charge in [-0.2, -0.15) is 0 Å². The van der Waals surface area contributed by atoms with Gasteiger partial charge >= 0.3 is 0 Å². The molecule has 1 atom stereocenters. The van der Waals surface area contributed by atoms with Crippen molar-refractivity contribution in [2.45, 2.75) is 31.6 Å². The minimum Gasteiger partial charge on any atom is -0.312 e. The van der Waals surface area contributed by atoms with Crippen LogP contribution in [0.15, 0.2) is 56.0 Å². The van der Waals surface area contributed by atoms with Gasteiger partial charge in [0, 0.05) is 28.7 Å². The molecule has 0 aliphatic carbocycles. The number of nitro groups is 1. The first kappa shape index (κ1) is 22.1. The summed E-state index contributed by atoms with van der Waals surface area (Å²) in [5.41, 5.74) is 5.20. The molecule has 0 aromatic heterocycles. The van der Waals surface area contributed by atoms with E-state index in [1.165, 1.54) is 41.4 Å². The Balaban J connectivity index is 3.22. The predicted octanol–water partition coefficient (Wildman–Crippen LogP) is 3.88. The molecule has 0 aliphatic rings. The smallest absolute Gasteiger partial charge is 0.269 e. The van der Waals surface area contributed by atoms with Gasteiger partial charge in [0.05, 0.1) is 16.5 Å². The van der Waals surface area contributed by atoms with E-state index in [-0.39, 0.29) is 23.2 Å². The average Bonchev–Trinajstić information content (AvgIpc) is 2.62. The second-order valence-electron chi connectivity index (χ2n) is 5.29. The molecule has 0 radical (unpaired) electrons. The van der Waals surface area contributed by atoms with E-state index in [0.717, 1.165) is 6.42 Å². The minimum absolute atomic E-state index is 0.0145. The molecule has 142 valence electrons. The number of nitrogens with two attached hydrogens (primary N) is 1. The molecule has 0 saturated heterocycles. The number of benzene rings is 1. The summed E-state index contributed by atoms with van der Waals surface area (Å²) in [5.74, 6) is -0.0145. The third-order valence-electron chi connectivity index (χ3n) is 3.51. The van der Waals surface area contributed by atoms with Gasteiger partial charge in [0.25, 0.3) is 5.69 Å². The maximum atomic E-state index is 12.7. The van der Waals surface area contributed by atoms with Gasteiger partial charge in [0.1, 0.15) is 0 Å². The Hall–Kier alpha value is -1.97. The van der Waals surface area contributed by atoms with Crippen molar-refractivity contribution in [2.24, 2.45) is 16.6 Å². The third-order valence-corrected chi connectivity index (χ3v) is 6.28. The highest BCUT2D eigenvalue weighted by molar-refractivity contribution is 8.06. The lowest BCUT2D eigenvalue weighted by Gasteiger charge is -2.15. The van der Waals surface area contributed by atoms with Gasteiger partial charge in [-0.25, -0.2) is 8.42 Å². The van der Waals surface area contributed by atoms with Gasteiger partial charge in [0.15, 0.2) is 0 Å². The lowest BCUT2D eigenvalue weighted by atomic mass is 10.0. The normalized spacial score (nSPS) is 14.2. The maximum absolute atomic E-state index is 12.7. The Morgan fingerprint density at radius 1 is 1.38 bits per heavy atom. The molecule has 0 fully saturated rings. The molecule has 1 rings (SSSR count). The second-order valence-corrected chi connectivity index (χ2v) is 8.07. The van der Waals surface area contributed by atoms with Crippen molar-refractivity contribution < 1.29 is 13.3 Å². The van der Waals surface area contributed by atoms with Crippen molar-refractivity contribution in [3.63, 3.8) is 0 Å². The molecule has 0 spiro atoms. The van der Waals surface area contributed by atoms with Crippen molar-refractivity contribution in [3.8, 4) is 0 Å². The van der Waals surface area contributed by atoms with Crippen LogP contribution in [0.1, 0.15) is 26.7 Å². The van der Waals surface area contributed by atoms with Crippen molar-refractivity contribution in [2.75, 3.05) is 6.67 Å². The van der Waals surface area contributed by atoms with Crippen molar-refractivity contribution >= 4 is 33.5 Å². The summed E-state index contributed by atoms with van der Waals surface area (Å²) < 4.78 is 25.4. The average molecular weight is 398 g/mol. The first-order valence-electron chi connectivity index (χ1n) is 8.03. The molecule has 1 unspecified atom stereocenters. The van der Waals surface area contributed by atoms with E-state index < -0.39 is 14.8 Å². The van der Waals surface area contributed by atoms with Crippen molar-refractivity contribution in [1.82, 2.24) is 0 Å². The molecule has 7 nitrogen and oxygen atoms in total. The van der Waals surface area contributed by atoms with E-state index in [1.54, 1.807) is 6.21 Å². The second kappa shape index (κ2) is 10.9. The summed E-state index contributed by atoms with van der Waals surface area (Å²) in [6.07, 6.45) is 4.86. The molecular formula is C17H23N3O4S2. The molecule has 9 heteroatoms. The Kier molecular flexibility index (Phi) is 9.25. The predicted molar refractivity (Wildman–Crippen MR) is 107 cm³/mol. The van der Waals surface area contributed by atoms with Gasteiger partial charge in [0.2, 0.25) is 9.84 Å². The van der Waals surface area contributed by atoms with Crippen LogP contribution in [0.5, 0.6) is 0 Å². The topological polar surface area (TPSA) is 116 Å². The molecular weight excluding hydrogens is 374 g/mol. The van der Waals surface area contributed by atoms with Crippen LogP contribution in [-0.2, 0) is 9.84 Å². The van der Waals surface area contributed by atoms with E-state index in [9.17, 15) is 18.5 Å². The highest BCUT2D eigenvalue weighted by Gasteiger charge is 2.19. The van der Waals surface area contributed by atoms with Crippen LogP contribution in [0.3, 0.4) is 0 Å². The summed E-state index contributed by atoms with van der Waals surface area (Å²) in [6, 6.07) is 4.87. The van der Waals surface area contributed by atoms with Crippen LogP contribution in [0.4, 0.5) is 5.69 Å². The van der Waals surface area contributed by atoms with Gasteiger partial charge in [-0.15, -0.1) is 11.8 Å². The van der Waals surface area contributed by atoms with Crippen LogP contribution in [0.2, 0.25) is 0 Å². The first-order chi connectivity index (χ1) is 12.4. The van der Waals surface area contributed by atoms with Crippen LogP contribution >= 0.6 is 11.8 Å². The van der Waals surface area contributed by atoms with E-state index in [4.69, 9.17) is 5.73 Å². The highest BCUT2D eigenvalue weighted by Crippen LogP contribution is 2.32. The number of allylic oxidation sites excluding steroid dienone is 2. The van der Waals surface area contributed by atoms with Crippen molar-refractivity contribution in [3.05, 3.63) is 56.2 Å². The standard InChI is InChI=1S/C17H23N3O4S2/c1-3-11-25-17(14(4-2)9-10-19-13-18)12-26(23,24)16-7-5-15(6-8-16)20(21)22/h3,5-8,10-12,14H,4,9,13,18H2,1-2H3/b11-3-,17-12+,19-10-. The zero-order valence-electron chi connectivity index (χ0n) is 14.7. The van der Waals surface area contributed by atoms with Crippen LogP contribution < -0.4 is 5.73 Å². The molecule has 0 saturated carbocycles. The fourth-order valence-electron chi connectivity index (χ4n) is 2.11. The molecule has 2 N–H and O–H groups in total. The zero-order valence-corrected chi connectivity index (χ0v) is 16.4. The summed E-state index contributed by atoms with van der Waals surface area (Å²) in [5, 5.41) is 13.8. The lowest BCUT2D eigenvalue weighted by molar-refractivity contribution is -0.384. The Labute approximate surface area is 158 Å². The third kappa shape index (κ3) is 6.74. The number of thioether (sulfide) groups is 1. The fraction of sp³-hybridized carbons (Fsp3) is 0.353. The fourth-order valence-corrected chi connectivity index (χ4v) is 4.61. The molecule has 0 amide bonds. The minimum atomic E-state index is -3.73. The van der Waals surface area contributed by atoms with Gasteiger partial charge < -0.3 is 5.73 Å². The Morgan fingerprint density at radius 3 is 2.54 bits per heavy atom. The Morgan fingerprint density at radius 2 is 2.04 bits per heavy atom.